The summed E-state index contributed by atoms with van der Waals surface area (Å²) >= 11 is 3.66. The largest absolute Gasteiger partial charge is 0.488 e. The fourth-order valence-corrected chi connectivity index (χ4v) is 7.46. The van der Waals surface area contributed by atoms with E-state index in [1.54, 1.807) is 0 Å². The lowest BCUT2D eigenvalue weighted by molar-refractivity contribution is -0.0992. The van der Waals surface area contributed by atoms with Crippen LogP contribution < -0.4 is 9.47 Å². The minimum Gasteiger partial charge on any atom is -0.488 e. The van der Waals surface area contributed by atoms with Crippen LogP contribution in [-0.2, 0) is 20.3 Å². The van der Waals surface area contributed by atoms with Gasteiger partial charge in [-0.2, -0.15) is 0 Å². The van der Waals surface area contributed by atoms with Crippen molar-refractivity contribution in [3.63, 3.8) is 0 Å². The molecule has 1 aliphatic rings. The number of hydrogen-bond donors (Lipinski definition) is 0. The summed E-state index contributed by atoms with van der Waals surface area (Å²) in [4.78, 5) is 3.80. The highest BCUT2D eigenvalue weighted by molar-refractivity contribution is 7.17. The van der Waals surface area contributed by atoms with Crippen LogP contribution in [0.25, 0.3) is 10.4 Å². The van der Waals surface area contributed by atoms with Crippen molar-refractivity contribution in [3.8, 4) is 21.9 Å². The molecule has 0 aromatic carbocycles. The van der Waals surface area contributed by atoms with Crippen molar-refractivity contribution >= 4 is 22.7 Å². The van der Waals surface area contributed by atoms with Crippen LogP contribution in [0, 0.1) is 5.41 Å². The highest BCUT2D eigenvalue weighted by Crippen LogP contribution is 2.54. The summed E-state index contributed by atoms with van der Waals surface area (Å²) in [5, 5.41) is 2.28. The van der Waals surface area contributed by atoms with Crippen molar-refractivity contribution in [2.75, 3.05) is 26.4 Å². The Morgan fingerprint density at radius 1 is 0.805 bits per heavy atom. The number of fused-ring (bicyclic) bond motifs is 1. The Bertz CT molecular complexity index is 1040. The molecule has 41 heavy (non-hydrogen) atoms. The number of thiophene rings is 2. The first kappa shape index (κ1) is 34.4. The standard InChI is InChI=1S/C35H58O4S2/c1-11-15-17-26(13-3)36-21-35(22-37-27(14-4)18-16-12-2)23-38-29-30(39-24-35)32(34(8,9)10)41-31(29)25-19-28(40-20-25)33(5,6)7/h19-20,26-27H,11-18,21-24H2,1-10H3. The molecule has 2 aromatic heterocycles. The van der Waals surface area contributed by atoms with Crippen LogP contribution in [0.4, 0.5) is 0 Å². The molecular formula is C35H58O4S2. The maximum Gasteiger partial charge on any atom is 0.180 e. The molecule has 2 atom stereocenters. The van der Waals surface area contributed by atoms with Crippen LogP contribution in [0.1, 0.15) is 130 Å². The molecule has 0 fully saturated rings. The van der Waals surface area contributed by atoms with Gasteiger partial charge in [-0.15, -0.1) is 22.7 Å². The van der Waals surface area contributed by atoms with Crippen LogP contribution in [0.15, 0.2) is 11.4 Å². The maximum atomic E-state index is 6.84. The van der Waals surface area contributed by atoms with Crippen LogP contribution >= 0.6 is 22.7 Å². The molecule has 2 aromatic rings. The normalized spacial score (nSPS) is 19.3. The Morgan fingerprint density at radius 2 is 1.34 bits per heavy atom. The fourth-order valence-electron chi connectivity index (χ4n) is 5.16. The third-order valence-electron chi connectivity index (χ3n) is 8.07. The summed E-state index contributed by atoms with van der Waals surface area (Å²) in [7, 11) is 0. The number of ether oxygens (including phenoxy) is 4. The van der Waals surface area contributed by atoms with Gasteiger partial charge in [-0.05, 0) is 42.5 Å². The van der Waals surface area contributed by atoms with Crippen molar-refractivity contribution in [3.05, 3.63) is 21.2 Å². The molecule has 4 nitrogen and oxygen atoms in total. The first-order valence-electron chi connectivity index (χ1n) is 16.1. The molecular weight excluding hydrogens is 549 g/mol. The number of rotatable bonds is 15. The zero-order chi connectivity index (χ0) is 30.3. The van der Waals surface area contributed by atoms with E-state index in [1.807, 2.05) is 22.7 Å². The van der Waals surface area contributed by atoms with E-state index >= 15 is 0 Å². The van der Waals surface area contributed by atoms with Crippen molar-refractivity contribution in [1.82, 2.24) is 0 Å². The zero-order valence-electron chi connectivity index (χ0n) is 27.7. The minimum atomic E-state index is -0.367. The Labute approximate surface area is 259 Å². The molecule has 0 amide bonds. The quantitative estimate of drug-likeness (QED) is 0.202. The summed E-state index contributed by atoms with van der Waals surface area (Å²) in [6.45, 7) is 24.8. The number of unbranched alkanes of at least 4 members (excludes halogenated alkanes) is 2. The van der Waals surface area contributed by atoms with Gasteiger partial charge in [0.25, 0.3) is 0 Å². The molecule has 0 saturated carbocycles. The second-order valence-electron chi connectivity index (χ2n) is 14.2. The molecule has 1 aliphatic heterocycles. The molecule has 0 bridgehead atoms. The molecule has 0 N–H and O–H groups in total. The smallest absolute Gasteiger partial charge is 0.180 e. The first-order chi connectivity index (χ1) is 19.4. The third kappa shape index (κ3) is 9.20. The monoisotopic (exact) mass is 606 g/mol. The molecule has 0 spiro atoms. The van der Waals surface area contributed by atoms with Gasteiger partial charge in [0.05, 0.1) is 40.6 Å². The van der Waals surface area contributed by atoms with E-state index < -0.39 is 0 Å². The van der Waals surface area contributed by atoms with Crippen LogP contribution in [0.2, 0.25) is 0 Å². The van der Waals surface area contributed by atoms with E-state index in [1.165, 1.54) is 45.9 Å². The van der Waals surface area contributed by atoms with E-state index in [2.05, 4.69) is 80.7 Å². The van der Waals surface area contributed by atoms with Crippen molar-refractivity contribution < 1.29 is 18.9 Å². The van der Waals surface area contributed by atoms with Gasteiger partial charge in [0, 0.05) is 15.9 Å². The molecule has 234 valence electrons. The Hall–Kier alpha value is -1.08. The van der Waals surface area contributed by atoms with Crippen LogP contribution in [-0.4, -0.2) is 38.6 Å². The highest BCUT2D eigenvalue weighted by Gasteiger charge is 2.41. The predicted octanol–water partition coefficient (Wildman–Crippen LogP) is 10.8. The van der Waals surface area contributed by atoms with Gasteiger partial charge < -0.3 is 18.9 Å². The van der Waals surface area contributed by atoms with Gasteiger partial charge in [-0.25, -0.2) is 0 Å². The van der Waals surface area contributed by atoms with E-state index in [4.69, 9.17) is 18.9 Å². The van der Waals surface area contributed by atoms with Crippen molar-refractivity contribution in [2.24, 2.45) is 5.41 Å². The first-order valence-corrected chi connectivity index (χ1v) is 17.8. The second-order valence-corrected chi connectivity index (χ2v) is 16.1. The van der Waals surface area contributed by atoms with Gasteiger partial charge in [0.15, 0.2) is 11.5 Å². The highest BCUT2D eigenvalue weighted by atomic mass is 32.1. The lowest BCUT2D eigenvalue weighted by atomic mass is 9.91. The summed E-state index contributed by atoms with van der Waals surface area (Å²) in [5.41, 5.74) is 0.927. The molecule has 0 aliphatic carbocycles. The van der Waals surface area contributed by atoms with E-state index in [9.17, 15) is 0 Å². The van der Waals surface area contributed by atoms with E-state index in [0.717, 1.165) is 37.2 Å². The van der Waals surface area contributed by atoms with Gasteiger partial charge in [0.1, 0.15) is 13.2 Å². The average Bonchev–Trinajstić information content (AvgIpc) is 3.52. The molecule has 3 heterocycles. The molecule has 3 rings (SSSR count). The second kappa shape index (κ2) is 15.1. The Morgan fingerprint density at radius 3 is 1.78 bits per heavy atom. The summed E-state index contributed by atoms with van der Waals surface area (Å²) < 4.78 is 26.9. The van der Waals surface area contributed by atoms with Gasteiger partial charge >= 0.3 is 0 Å². The average molecular weight is 607 g/mol. The molecule has 6 heteroatoms. The van der Waals surface area contributed by atoms with E-state index in [-0.39, 0.29) is 28.5 Å². The molecule has 0 saturated heterocycles. The predicted molar refractivity (Wildman–Crippen MR) is 178 cm³/mol. The summed E-state index contributed by atoms with van der Waals surface area (Å²) in [6.07, 6.45) is 9.51. The molecule has 0 radical (unpaired) electrons. The van der Waals surface area contributed by atoms with Gasteiger partial charge in [-0.1, -0.05) is 94.9 Å². The SMILES string of the molecule is CCCCC(CC)OCC1(COC(CC)CCCC)COc2c(-c3csc(C(C)(C)C)c3)sc(C(C)(C)C)c2OC1. The lowest BCUT2D eigenvalue weighted by Crippen LogP contribution is -2.44. The van der Waals surface area contributed by atoms with Crippen molar-refractivity contribution in [2.45, 2.75) is 144 Å². The summed E-state index contributed by atoms with van der Waals surface area (Å²) in [5.74, 6) is 1.81. The van der Waals surface area contributed by atoms with E-state index in [0.29, 0.717) is 26.4 Å². The molecule has 2 unspecified atom stereocenters. The van der Waals surface area contributed by atoms with Crippen LogP contribution in [0.3, 0.4) is 0 Å². The maximum absolute atomic E-state index is 6.84. The fraction of sp³-hybridized carbons (Fsp3) is 0.771. The van der Waals surface area contributed by atoms with Crippen LogP contribution in [0.5, 0.6) is 11.5 Å². The van der Waals surface area contributed by atoms with Gasteiger partial charge in [0.2, 0.25) is 0 Å². The third-order valence-corrected chi connectivity index (χ3v) is 11.1. The topological polar surface area (TPSA) is 36.9 Å². The van der Waals surface area contributed by atoms with Crippen molar-refractivity contribution in [1.29, 1.82) is 0 Å². The lowest BCUT2D eigenvalue weighted by Gasteiger charge is -2.34. The Kier molecular flexibility index (Phi) is 12.7. The minimum absolute atomic E-state index is 0.0554. The Balaban J connectivity index is 1.94. The van der Waals surface area contributed by atoms with Gasteiger partial charge in [-0.3, -0.25) is 0 Å². The number of hydrogen-bond acceptors (Lipinski definition) is 6. The summed E-state index contributed by atoms with van der Waals surface area (Å²) in [6, 6.07) is 2.34. The zero-order valence-corrected chi connectivity index (χ0v) is 29.4.